The number of carbonyl (C=O) groups is 1. The fourth-order valence-corrected chi connectivity index (χ4v) is 2.24. The lowest BCUT2D eigenvalue weighted by molar-refractivity contribution is -0.119. The van der Waals surface area contributed by atoms with E-state index >= 15 is 0 Å². The van der Waals surface area contributed by atoms with Crippen molar-refractivity contribution in [3.63, 3.8) is 0 Å². The van der Waals surface area contributed by atoms with Crippen LogP contribution in [0.25, 0.3) is 0 Å². The molecule has 0 bridgehead atoms. The van der Waals surface area contributed by atoms with Gasteiger partial charge in [-0.3, -0.25) is 14.6 Å². The third-order valence-corrected chi connectivity index (χ3v) is 3.66. The zero-order valence-corrected chi connectivity index (χ0v) is 15.2. The van der Waals surface area contributed by atoms with Crippen LogP contribution in [0.2, 0.25) is 0 Å². The minimum Gasteiger partial charge on any atom is -0.489 e. The maximum Gasteiger partial charge on any atom is 0.342 e. The van der Waals surface area contributed by atoms with Gasteiger partial charge in [0.05, 0.1) is 12.8 Å². The Morgan fingerprint density at radius 1 is 1.10 bits per heavy atom. The highest BCUT2D eigenvalue weighted by Crippen LogP contribution is 2.13. The summed E-state index contributed by atoms with van der Waals surface area (Å²) in [6, 6.07) is 17.1. The highest BCUT2D eigenvalue weighted by molar-refractivity contribution is 5.84. The monoisotopic (exact) mass is 394 g/mol. The summed E-state index contributed by atoms with van der Waals surface area (Å²) < 4.78 is 5.70. The average Bonchev–Trinajstić information content (AvgIpc) is 2.73. The Kier molecular flexibility index (Phi) is 6.50. The average molecular weight is 394 g/mol. The number of H-pyrrole nitrogens is 2. The first-order valence-corrected chi connectivity index (χ1v) is 8.62. The second kappa shape index (κ2) is 9.65. The van der Waals surface area contributed by atoms with Crippen LogP contribution in [-0.4, -0.2) is 33.8 Å². The van der Waals surface area contributed by atoms with Crippen molar-refractivity contribution < 1.29 is 9.53 Å². The van der Waals surface area contributed by atoms with Crippen LogP contribution in [0.4, 0.5) is 5.82 Å². The molecule has 1 aromatic heterocycles. The molecule has 29 heavy (non-hydrogen) atoms. The number of hydrazone groups is 1. The van der Waals surface area contributed by atoms with Gasteiger partial charge in [-0.15, -0.1) is 5.10 Å². The van der Waals surface area contributed by atoms with Gasteiger partial charge in [0.15, 0.2) is 0 Å². The van der Waals surface area contributed by atoms with Crippen LogP contribution in [0.3, 0.4) is 0 Å². The molecule has 0 aliphatic rings. The minimum absolute atomic E-state index is 0.171. The van der Waals surface area contributed by atoms with E-state index in [1.54, 1.807) is 12.1 Å². The highest BCUT2D eigenvalue weighted by atomic mass is 16.5. The van der Waals surface area contributed by atoms with Crippen molar-refractivity contribution in [3.05, 3.63) is 86.6 Å². The smallest absolute Gasteiger partial charge is 0.342 e. The second-order valence-electron chi connectivity index (χ2n) is 5.85. The molecule has 10 heteroatoms. The summed E-state index contributed by atoms with van der Waals surface area (Å²) in [4.78, 5) is 36.0. The van der Waals surface area contributed by atoms with Crippen molar-refractivity contribution >= 4 is 17.9 Å². The van der Waals surface area contributed by atoms with E-state index in [0.717, 1.165) is 16.9 Å². The fourth-order valence-electron chi connectivity index (χ4n) is 2.24. The number of nitrogens with zero attached hydrogens (tertiary/aromatic N) is 2. The molecule has 0 unspecified atom stereocenters. The summed E-state index contributed by atoms with van der Waals surface area (Å²) in [6.07, 6.45) is 1.48. The summed E-state index contributed by atoms with van der Waals surface area (Å²) in [5, 5.41) is 11.9. The Balaban J connectivity index is 1.44. The van der Waals surface area contributed by atoms with E-state index in [4.69, 9.17) is 4.74 Å². The number of aromatic amines is 2. The van der Waals surface area contributed by atoms with Crippen molar-refractivity contribution in [2.45, 2.75) is 6.61 Å². The van der Waals surface area contributed by atoms with Crippen molar-refractivity contribution in [3.8, 4) is 5.75 Å². The Labute approximate surface area is 164 Å². The van der Waals surface area contributed by atoms with Gasteiger partial charge >= 0.3 is 5.69 Å². The minimum atomic E-state index is -0.730. The molecule has 3 aromatic rings. The van der Waals surface area contributed by atoms with E-state index in [1.165, 1.54) is 6.21 Å². The first-order valence-electron chi connectivity index (χ1n) is 8.62. The van der Waals surface area contributed by atoms with E-state index in [9.17, 15) is 14.4 Å². The van der Waals surface area contributed by atoms with Gasteiger partial charge in [-0.2, -0.15) is 5.10 Å². The number of anilines is 1. The fraction of sp³-hybridized carbons (Fsp3) is 0.105. The third-order valence-electron chi connectivity index (χ3n) is 3.66. The van der Waals surface area contributed by atoms with Crippen molar-refractivity contribution in [2.24, 2.45) is 5.10 Å². The summed E-state index contributed by atoms with van der Waals surface area (Å²) in [6.45, 7) is 0.232. The molecule has 148 valence electrons. The number of hydrogen-bond donors (Lipinski definition) is 4. The second-order valence-corrected chi connectivity index (χ2v) is 5.85. The largest absolute Gasteiger partial charge is 0.489 e. The Hall–Kier alpha value is -4.21. The quantitative estimate of drug-likeness (QED) is 0.326. The summed E-state index contributed by atoms with van der Waals surface area (Å²) >= 11 is 0. The van der Waals surface area contributed by atoms with Gasteiger partial charge in [0.1, 0.15) is 12.4 Å². The van der Waals surface area contributed by atoms with Gasteiger partial charge in [0.2, 0.25) is 5.82 Å². The molecule has 4 N–H and O–H groups in total. The maximum atomic E-state index is 11.7. The van der Waals surface area contributed by atoms with Crippen LogP contribution in [0.5, 0.6) is 5.75 Å². The summed E-state index contributed by atoms with van der Waals surface area (Å²) in [7, 11) is 0. The number of aromatic nitrogens is 3. The standard InChI is InChI=1S/C19H18N6O4/c26-16(11-20-17-18(27)22-19(28)25-24-17)23-21-10-13-6-8-15(9-7-13)29-12-14-4-2-1-3-5-14/h1-10H,11-12H2,(H,20,24)(H,23,26)(H2,22,25,27,28). The van der Waals surface area contributed by atoms with Gasteiger partial charge in [-0.1, -0.05) is 30.3 Å². The van der Waals surface area contributed by atoms with Crippen molar-refractivity contribution in [1.29, 1.82) is 0 Å². The van der Waals surface area contributed by atoms with Gasteiger partial charge in [-0.05, 0) is 35.4 Å². The first kappa shape index (κ1) is 19.5. The van der Waals surface area contributed by atoms with Gasteiger partial charge in [-0.25, -0.2) is 15.3 Å². The number of rotatable bonds is 8. The van der Waals surface area contributed by atoms with Crippen LogP contribution in [0, 0.1) is 0 Å². The molecule has 0 spiro atoms. The molecule has 1 heterocycles. The lowest BCUT2D eigenvalue weighted by Crippen LogP contribution is -2.31. The number of benzene rings is 2. The molecule has 2 aromatic carbocycles. The Morgan fingerprint density at radius 2 is 1.86 bits per heavy atom. The van der Waals surface area contributed by atoms with E-state index in [2.05, 4.69) is 26.0 Å². The molecule has 0 atom stereocenters. The van der Waals surface area contributed by atoms with E-state index < -0.39 is 17.2 Å². The molecular formula is C19H18N6O4. The summed E-state index contributed by atoms with van der Waals surface area (Å²) in [5.41, 5.74) is 2.71. The first-order chi connectivity index (χ1) is 14.1. The number of carbonyl (C=O) groups excluding carboxylic acids is 1. The van der Waals surface area contributed by atoms with Gasteiger partial charge < -0.3 is 10.1 Å². The van der Waals surface area contributed by atoms with Crippen molar-refractivity contribution in [2.75, 3.05) is 11.9 Å². The molecule has 0 radical (unpaired) electrons. The van der Waals surface area contributed by atoms with Crippen LogP contribution >= 0.6 is 0 Å². The Bertz CT molecular complexity index is 1090. The van der Waals surface area contributed by atoms with Gasteiger partial charge in [0.25, 0.3) is 11.5 Å². The van der Waals surface area contributed by atoms with E-state index in [1.807, 2.05) is 47.4 Å². The SMILES string of the molecule is O=C(CNc1n[nH]c(=O)[nH]c1=O)NN=Cc1ccc(OCc2ccccc2)cc1. The lowest BCUT2D eigenvalue weighted by Gasteiger charge is -2.06. The van der Waals surface area contributed by atoms with E-state index in [0.29, 0.717) is 6.61 Å². The molecule has 0 aliphatic carbocycles. The predicted molar refractivity (Wildman–Crippen MR) is 107 cm³/mol. The molecule has 1 amide bonds. The normalized spacial score (nSPS) is 10.6. The zero-order chi connectivity index (χ0) is 20.5. The van der Waals surface area contributed by atoms with Crippen LogP contribution in [-0.2, 0) is 11.4 Å². The number of amides is 1. The molecule has 0 saturated heterocycles. The zero-order valence-electron chi connectivity index (χ0n) is 15.2. The number of ether oxygens (including phenoxy) is 1. The van der Waals surface area contributed by atoms with Crippen LogP contribution < -0.4 is 26.7 Å². The molecule has 3 rings (SSSR count). The Morgan fingerprint density at radius 3 is 2.59 bits per heavy atom. The van der Waals surface area contributed by atoms with Gasteiger partial charge in [0, 0.05) is 0 Å². The third kappa shape index (κ3) is 6.17. The molecular weight excluding hydrogens is 376 g/mol. The maximum absolute atomic E-state index is 11.7. The molecule has 0 aliphatic heterocycles. The highest BCUT2D eigenvalue weighted by Gasteiger charge is 2.04. The predicted octanol–water partition coefficient (Wildman–Crippen LogP) is 0.599. The van der Waals surface area contributed by atoms with Crippen LogP contribution in [0.1, 0.15) is 11.1 Å². The topological polar surface area (TPSA) is 141 Å². The molecule has 0 fully saturated rings. The molecule has 10 nitrogen and oxygen atoms in total. The summed E-state index contributed by atoms with van der Waals surface area (Å²) in [5.74, 6) is 0.0594. The number of nitrogens with one attached hydrogen (secondary N) is 4. The van der Waals surface area contributed by atoms with Crippen molar-refractivity contribution in [1.82, 2.24) is 20.6 Å². The molecule has 0 saturated carbocycles. The number of hydrogen-bond acceptors (Lipinski definition) is 7. The van der Waals surface area contributed by atoms with Crippen LogP contribution in [0.15, 0.2) is 69.3 Å². The van der Waals surface area contributed by atoms with E-state index in [-0.39, 0.29) is 12.4 Å². The lowest BCUT2D eigenvalue weighted by atomic mass is 10.2.